The first-order valence-electron chi connectivity index (χ1n) is 3.37. The number of nitrogens with one attached hydrogen (secondary N) is 1. The number of hydrogen-bond donors (Lipinski definition) is 1. The van der Waals surface area contributed by atoms with Gasteiger partial charge in [0.15, 0.2) is 0 Å². The van der Waals surface area contributed by atoms with Gasteiger partial charge >= 0.3 is 6.18 Å². The molecule has 0 spiro atoms. The van der Waals surface area contributed by atoms with Gasteiger partial charge in [0.25, 0.3) is 0 Å². The standard InChI is InChI=1S/C5H9BrF3NO2S/c6-4-13(11,12)10-3-1-2-5(7,8)9/h10H,1-4H2. The molecule has 0 unspecified atom stereocenters. The van der Waals surface area contributed by atoms with Gasteiger partial charge in [-0.15, -0.1) is 0 Å². The third-order valence-electron chi connectivity index (χ3n) is 1.10. The Labute approximate surface area is 82.9 Å². The Kier molecular flexibility index (Phi) is 5.23. The molecule has 0 aromatic heterocycles. The highest BCUT2D eigenvalue weighted by Crippen LogP contribution is 2.20. The molecule has 0 aromatic rings. The maximum Gasteiger partial charge on any atom is 0.389 e. The molecule has 80 valence electrons. The zero-order chi connectivity index (χ0) is 10.5. The molecular weight excluding hydrogens is 275 g/mol. The summed E-state index contributed by atoms with van der Waals surface area (Å²) in [6.45, 7) is -0.187. The Bertz CT molecular complexity index is 239. The maximum absolute atomic E-state index is 11.6. The third kappa shape index (κ3) is 8.51. The van der Waals surface area contributed by atoms with Crippen molar-refractivity contribution in [2.75, 3.05) is 11.2 Å². The minimum atomic E-state index is -4.22. The van der Waals surface area contributed by atoms with E-state index < -0.39 is 22.6 Å². The SMILES string of the molecule is O=S(=O)(CBr)NCCCC(F)(F)F. The number of sulfonamides is 1. The quantitative estimate of drug-likeness (QED) is 0.615. The zero-order valence-electron chi connectivity index (χ0n) is 6.57. The minimum absolute atomic E-state index is 0.187. The van der Waals surface area contributed by atoms with E-state index in [1.807, 2.05) is 4.72 Å². The summed E-state index contributed by atoms with van der Waals surface area (Å²) < 4.78 is 57.8. The van der Waals surface area contributed by atoms with E-state index in [1.54, 1.807) is 0 Å². The first-order chi connectivity index (χ1) is 5.77. The fourth-order valence-corrected chi connectivity index (χ4v) is 1.57. The topological polar surface area (TPSA) is 46.2 Å². The van der Waals surface area contributed by atoms with Crippen LogP contribution in [0, 0.1) is 0 Å². The molecule has 0 rings (SSSR count). The van der Waals surface area contributed by atoms with Crippen LogP contribution in [-0.4, -0.2) is 25.8 Å². The Morgan fingerprint density at radius 3 is 2.23 bits per heavy atom. The summed E-state index contributed by atoms with van der Waals surface area (Å²) in [6, 6.07) is 0. The molecule has 0 aliphatic carbocycles. The molecule has 0 radical (unpaired) electrons. The second-order valence-corrected chi connectivity index (χ2v) is 5.45. The van der Waals surface area contributed by atoms with Crippen molar-refractivity contribution in [1.29, 1.82) is 0 Å². The van der Waals surface area contributed by atoms with Crippen molar-refractivity contribution < 1.29 is 21.6 Å². The maximum atomic E-state index is 11.6. The van der Waals surface area contributed by atoms with Gasteiger partial charge in [-0.05, 0) is 6.42 Å². The lowest BCUT2D eigenvalue weighted by atomic mass is 10.3. The van der Waals surface area contributed by atoms with Crippen LogP contribution in [0.3, 0.4) is 0 Å². The lowest BCUT2D eigenvalue weighted by molar-refractivity contribution is -0.135. The molecule has 0 atom stereocenters. The fraction of sp³-hybridized carbons (Fsp3) is 1.00. The van der Waals surface area contributed by atoms with Gasteiger partial charge < -0.3 is 0 Å². The van der Waals surface area contributed by atoms with Crippen molar-refractivity contribution >= 4 is 26.0 Å². The average Bonchev–Trinajstić information content (AvgIpc) is 1.97. The third-order valence-corrected chi connectivity index (χ3v) is 3.84. The molecule has 8 heteroatoms. The fourth-order valence-electron chi connectivity index (χ4n) is 0.555. The summed E-state index contributed by atoms with van der Waals surface area (Å²) in [4.78, 5) is 0. The molecule has 0 saturated carbocycles. The Hall–Kier alpha value is 0.180. The first-order valence-corrected chi connectivity index (χ1v) is 6.14. The Balaban J connectivity index is 3.59. The van der Waals surface area contributed by atoms with Crippen molar-refractivity contribution in [3.05, 3.63) is 0 Å². The van der Waals surface area contributed by atoms with Crippen LogP contribution in [0.5, 0.6) is 0 Å². The summed E-state index contributed by atoms with van der Waals surface area (Å²) in [6.07, 6.45) is -5.44. The van der Waals surface area contributed by atoms with E-state index in [4.69, 9.17) is 0 Å². The molecule has 0 saturated heterocycles. The monoisotopic (exact) mass is 283 g/mol. The Morgan fingerprint density at radius 1 is 1.31 bits per heavy atom. The second-order valence-electron chi connectivity index (χ2n) is 2.34. The van der Waals surface area contributed by atoms with Gasteiger partial charge in [-0.3, -0.25) is 0 Å². The van der Waals surface area contributed by atoms with Gasteiger partial charge in [-0.2, -0.15) is 13.2 Å². The van der Waals surface area contributed by atoms with Crippen LogP contribution in [0.2, 0.25) is 0 Å². The number of hydrogen-bond acceptors (Lipinski definition) is 2. The summed E-state index contributed by atoms with van der Waals surface area (Å²) in [7, 11) is -3.44. The normalized spacial score (nSPS) is 13.2. The lowest BCUT2D eigenvalue weighted by Gasteiger charge is -2.06. The Morgan fingerprint density at radius 2 is 1.85 bits per heavy atom. The van der Waals surface area contributed by atoms with Gasteiger partial charge in [0, 0.05) is 13.0 Å². The van der Waals surface area contributed by atoms with Crippen LogP contribution in [0.25, 0.3) is 0 Å². The lowest BCUT2D eigenvalue weighted by Crippen LogP contribution is -2.26. The molecule has 0 aromatic carbocycles. The van der Waals surface area contributed by atoms with Crippen LogP contribution in [0.15, 0.2) is 0 Å². The van der Waals surface area contributed by atoms with Gasteiger partial charge in [-0.1, -0.05) is 15.9 Å². The van der Waals surface area contributed by atoms with Crippen molar-refractivity contribution in [3.8, 4) is 0 Å². The van der Waals surface area contributed by atoms with Crippen molar-refractivity contribution in [3.63, 3.8) is 0 Å². The number of alkyl halides is 4. The molecule has 0 bridgehead atoms. The molecule has 0 heterocycles. The zero-order valence-corrected chi connectivity index (χ0v) is 8.97. The molecule has 3 nitrogen and oxygen atoms in total. The van der Waals surface area contributed by atoms with E-state index in [9.17, 15) is 21.6 Å². The van der Waals surface area contributed by atoms with E-state index in [0.29, 0.717) is 0 Å². The highest BCUT2D eigenvalue weighted by Gasteiger charge is 2.26. The van der Waals surface area contributed by atoms with Gasteiger partial charge in [0.2, 0.25) is 10.0 Å². The van der Waals surface area contributed by atoms with Gasteiger partial charge in [0.1, 0.15) is 4.66 Å². The largest absolute Gasteiger partial charge is 0.389 e. The van der Waals surface area contributed by atoms with Crippen LogP contribution >= 0.6 is 15.9 Å². The number of halogens is 4. The second kappa shape index (κ2) is 5.16. The molecule has 0 fully saturated rings. The van der Waals surface area contributed by atoms with Crippen LogP contribution in [0.1, 0.15) is 12.8 Å². The molecule has 0 aliphatic rings. The summed E-state index contributed by atoms with van der Waals surface area (Å²) in [5.74, 6) is 0. The summed E-state index contributed by atoms with van der Waals surface area (Å²) in [5.41, 5.74) is 0. The molecule has 13 heavy (non-hydrogen) atoms. The predicted octanol–water partition coefficient (Wildman–Crippen LogP) is 1.60. The average molecular weight is 284 g/mol. The highest BCUT2D eigenvalue weighted by molar-refractivity contribution is 9.10. The van der Waals surface area contributed by atoms with E-state index in [-0.39, 0.29) is 17.6 Å². The van der Waals surface area contributed by atoms with Crippen molar-refractivity contribution in [2.45, 2.75) is 19.0 Å². The van der Waals surface area contributed by atoms with Crippen LogP contribution in [0.4, 0.5) is 13.2 Å². The molecule has 0 aliphatic heterocycles. The molecular formula is C5H9BrF3NO2S. The van der Waals surface area contributed by atoms with E-state index >= 15 is 0 Å². The van der Waals surface area contributed by atoms with Crippen molar-refractivity contribution in [1.82, 2.24) is 4.72 Å². The van der Waals surface area contributed by atoms with Gasteiger partial charge in [0.05, 0.1) is 0 Å². The van der Waals surface area contributed by atoms with E-state index in [2.05, 4.69) is 15.9 Å². The van der Waals surface area contributed by atoms with Crippen LogP contribution < -0.4 is 4.72 Å². The van der Waals surface area contributed by atoms with Gasteiger partial charge in [-0.25, -0.2) is 13.1 Å². The smallest absolute Gasteiger partial charge is 0.215 e. The van der Waals surface area contributed by atoms with E-state index in [1.165, 1.54) is 0 Å². The first kappa shape index (κ1) is 13.2. The van der Waals surface area contributed by atoms with Crippen LogP contribution in [-0.2, 0) is 10.0 Å². The molecule has 1 N–H and O–H groups in total. The van der Waals surface area contributed by atoms with Crippen molar-refractivity contribution in [2.24, 2.45) is 0 Å². The highest BCUT2D eigenvalue weighted by atomic mass is 79.9. The predicted molar refractivity (Wildman–Crippen MR) is 46.0 cm³/mol. The van der Waals surface area contributed by atoms with E-state index in [0.717, 1.165) is 0 Å². The number of rotatable bonds is 5. The summed E-state index contributed by atoms with van der Waals surface area (Å²) in [5, 5.41) is 0. The summed E-state index contributed by atoms with van der Waals surface area (Å²) >= 11 is 2.69. The molecule has 0 amide bonds. The minimum Gasteiger partial charge on any atom is -0.215 e.